The highest BCUT2D eigenvalue weighted by Gasteiger charge is 2.30. The predicted octanol–water partition coefficient (Wildman–Crippen LogP) is 3.50. The topological polar surface area (TPSA) is 64.4 Å². The van der Waals surface area contributed by atoms with E-state index in [1.165, 1.54) is 11.8 Å². The fraction of sp³-hybridized carbons (Fsp3) is 0.348. The van der Waals surface area contributed by atoms with Crippen LogP contribution in [-0.2, 0) is 16.1 Å². The summed E-state index contributed by atoms with van der Waals surface area (Å²) >= 11 is 1.36. The molecule has 1 aliphatic heterocycles. The van der Waals surface area contributed by atoms with Crippen LogP contribution in [0.25, 0.3) is 10.9 Å². The third-order valence-electron chi connectivity index (χ3n) is 5.15. The molecule has 1 amide bonds. The second kappa shape index (κ2) is 9.45. The summed E-state index contributed by atoms with van der Waals surface area (Å²) in [5.41, 5.74) is 1.50. The van der Waals surface area contributed by atoms with Crippen LogP contribution in [0.5, 0.6) is 0 Å². The van der Waals surface area contributed by atoms with Gasteiger partial charge in [-0.2, -0.15) is 0 Å². The van der Waals surface area contributed by atoms with Gasteiger partial charge in [0.1, 0.15) is 5.25 Å². The van der Waals surface area contributed by atoms with Gasteiger partial charge in [0.25, 0.3) is 5.56 Å². The molecule has 0 spiro atoms. The van der Waals surface area contributed by atoms with Gasteiger partial charge in [0.05, 0.1) is 24.1 Å². The average molecular weight is 424 g/mol. The van der Waals surface area contributed by atoms with E-state index >= 15 is 0 Å². The second-order valence-electron chi connectivity index (χ2n) is 7.21. The van der Waals surface area contributed by atoms with Gasteiger partial charge in [-0.15, -0.1) is 0 Å². The van der Waals surface area contributed by atoms with Crippen LogP contribution in [0.4, 0.5) is 0 Å². The van der Waals surface area contributed by atoms with Gasteiger partial charge in [-0.25, -0.2) is 4.98 Å². The molecule has 1 aliphatic rings. The number of aromatic nitrogens is 2. The minimum Gasteiger partial charge on any atom is -0.378 e. The Morgan fingerprint density at radius 3 is 2.53 bits per heavy atom. The zero-order chi connectivity index (χ0) is 20.9. The van der Waals surface area contributed by atoms with Crippen molar-refractivity contribution in [2.45, 2.75) is 30.3 Å². The Morgan fingerprint density at radius 2 is 1.80 bits per heavy atom. The van der Waals surface area contributed by atoms with Gasteiger partial charge in [-0.1, -0.05) is 61.2 Å². The van der Waals surface area contributed by atoms with E-state index in [0.29, 0.717) is 48.9 Å². The summed E-state index contributed by atoms with van der Waals surface area (Å²) in [6.45, 7) is 4.85. The predicted molar refractivity (Wildman–Crippen MR) is 119 cm³/mol. The monoisotopic (exact) mass is 423 g/mol. The van der Waals surface area contributed by atoms with Gasteiger partial charge < -0.3 is 9.64 Å². The van der Waals surface area contributed by atoms with E-state index in [-0.39, 0.29) is 11.5 Å². The van der Waals surface area contributed by atoms with Crippen molar-refractivity contribution >= 4 is 28.6 Å². The van der Waals surface area contributed by atoms with Crippen molar-refractivity contribution in [1.29, 1.82) is 0 Å². The number of morpholine rings is 1. The Balaban J connectivity index is 1.77. The van der Waals surface area contributed by atoms with E-state index < -0.39 is 5.25 Å². The highest BCUT2D eigenvalue weighted by molar-refractivity contribution is 8.00. The maximum Gasteiger partial charge on any atom is 0.262 e. The molecule has 7 heteroatoms. The smallest absolute Gasteiger partial charge is 0.262 e. The highest BCUT2D eigenvalue weighted by atomic mass is 32.2. The zero-order valence-electron chi connectivity index (χ0n) is 17.0. The standard InChI is InChI=1S/C23H25N3O3S/c1-2-12-26-21(27)18-10-6-7-11-19(18)24-23(26)30-20(17-8-4-3-5-9-17)22(28)25-13-15-29-16-14-25/h3-11,20H,2,12-16H2,1H3/t20-/m1/s1. The van der Waals surface area contributed by atoms with E-state index in [2.05, 4.69) is 0 Å². The van der Waals surface area contributed by atoms with Crippen molar-refractivity contribution in [2.24, 2.45) is 0 Å². The molecular weight excluding hydrogens is 398 g/mol. The molecule has 2 aromatic carbocycles. The molecule has 3 aromatic rings. The molecule has 156 valence electrons. The Kier molecular flexibility index (Phi) is 6.50. The molecule has 1 fully saturated rings. The largest absolute Gasteiger partial charge is 0.378 e. The van der Waals surface area contributed by atoms with Crippen LogP contribution in [0, 0.1) is 0 Å². The van der Waals surface area contributed by atoms with Gasteiger partial charge in [-0.05, 0) is 24.1 Å². The lowest BCUT2D eigenvalue weighted by Crippen LogP contribution is -2.42. The van der Waals surface area contributed by atoms with Crippen LogP contribution >= 0.6 is 11.8 Å². The molecular formula is C23H25N3O3S. The van der Waals surface area contributed by atoms with Crippen LogP contribution in [0.2, 0.25) is 0 Å². The Bertz CT molecular complexity index is 1080. The van der Waals surface area contributed by atoms with E-state index in [1.807, 2.05) is 60.4 Å². The summed E-state index contributed by atoms with van der Waals surface area (Å²) in [4.78, 5) is 33.2. The number of fused-ring (bicyclic) bond motifs is 1. The summed E-state index contributed by atoms with van der Waals surface area (Å²) < 4.78 is 7.11. The summed E-state index contributed by atoms with van der Waals surface area (Å²) in [5, 5.41) is 0.711. The molecule has 6 nitrogen and oxygen atoms in total. The molecule has 0 bridgehead atoms. The van der Waals surface area contributed by atoms with E-state index in [4.69, 9.17) is 9.72 Å². The Hall–Kier alpha value is -2.64. The number of thioether (sulfide) groups is 1. The van der Waals surface area contributed by atoms with Crippen molar-refractivity contribution < 1.29 is 9.53 Å². The van der Waals surface area contributed by atoms with Crippen LogP contribution in [0.1, 0.15) is 24.2 Å². The van der Waals surface area contributed by atoms with Crippen LogP contribution in [0.3, 0.4) is 0 Å². The van der Waals surface area contributed by atoms with Crippen molar-refractivity contribution in [2.75, 3.05) is 26.3 Å². The van der Waals surface area contributed by atoms with Gasteiger partial charge in [-0.3, -0.25) is 14.2 Å². The van der Waals surface area contributed by atoms with Crippen molar-refractivity contribution in [3.63, 3.8) is 0 Å². The van der Waals surface area contributed by atoms with Crippen molar-refractivity contribution in [3.8, 4) is 0 Å². The third kappa shape index (κ3) is 4.27. The zero-order valence-corrected chi connectivity index (χ0v) is 17.8. The Labute approximate surface area is 179 Å². The first-order valence-electron chi connectivity index (χ1n) is 10.3. The maximum atomic E-state index is 13.5. The number of nitrogens with zero attached hydrogens (tertiary/aromatic N) is 3. The first-order chi connectivity index (χ1) is 14.7. The average Bonchev–Trinajstić information content (AvgIpc) is 2.80. The molecule has 2 heterocycles. The lowest BCUT2D eigenvalue weighted by atomic mass is 10.1. The summed E-state index contributed by atoms with van der Waals surface area (Å²) in [6, 6.07) is 17.1. The van der Waals surface area contributed by atoms with Gasteiger partial charge in [0, 0.05) is 19.6 Å². The normalized spacial score (nSPS) is 15.3. The number of benzene rings is 2. The fourth-order valence-corrected chi connectivity index (χ4v) is 4.81. The number of para-hydroxylation sites is 1. The lowest BCUT2D eigenvalue weighted by molar-refractivity contribution is -0.134. The summed E-state index contributed by atoms with van der Waals surface area (Å²) in [6.07, 6.45) is 0.806. The van der Waals surface area contributed by atoms with Gasteiger partial charge in [0.15, 0.2) is 5.16 Å². The fourth-order valence-electron chi connectivity index (χ4n) is 3.60. The molecule has 1 saturated heterocycles. The molecule has 0 radical (unpaired) electrons. The molecule has 30 heavy (non-hydrogen) atoms. The molecule has 1 aromatic heterocycles. The van der Waals surface area contributed by atoms with Gasteiger partial charge >= 0.3 is 0 Å². The number of ether oxygens (including phenoxy) is 1. The van der Waals surface area contributed by atoms with E-state index in [1.54, 1.807) is 10.6 Å². The maximum absolute atomic E-state index is 13.5. The molecule has 0 N–H and O–H groups in total. The molecule has 0 saturated carbocycles. The number of rotatable bonds is 6. The van der Waals surface area contributed by atoms with Crippen LogP contribution < -0.4 is 5.56 Å². The van der Waals surface area contributed by atoms with Gasteiger partial charge in [0.2, 0.25) is 5.91 Å². The number of hydrogen-bond donors (Lipinski definition) is 0. The van der Waals surface area contributed by atoms with Crippen LogP contribution in [0.15, 0.2) is 64.5 Å². The van der Waals surface area contributed by atoms with E-state index in [0.717, 1.165) is 12.0 Å². The number of amides is 1. The summed E-state index contributed by atoms with van der Waals surface area (Å²) in [7, 11) is 0. The van der Waals surface area contributed by atoms with Crippen molar-refractivity contribution in [1.82, 2.24) is 14.5 Å². The first-order valence-corrected chi connectivity index (χ1v) is 11.1. The highest BCUT2D eigenvalue weighted by Crippen LogP contribution is 2.36. The molecule has 0 aliphatic carbocycles. The SMILES string of the molecule is CCCn1c(S[C@@H](C(=O)N2CCOCC2)c2ccccc2)nc2ccccc2c1=O. The minimum atomic E-state index is -0.472. The van der Waals surface area contributed by atoms with Crippen LogP contribution in [-0.4, -0.2) is 46.7 Å². The number of carbonyl (C=O) groups excluding carboxylic acids is 1. The molecule has 0 unspecified atom stereocenters. The lowest BCUT2D eigenvalue weighted by Gasteiger charge is -2.30. The first kappa shape index (κ1) is 20.6. The third-order valence-corrected chi connectivity index (χ3v) is 6.38. The molecule has 4 rings (SSSR count). The molecule has 1 atom stereocenters. The number of carbonyl (C=O) groups is 1. The summed E-state index contributed by atoms with van der Waals surface area (Å²) in [5.74, 6) is 0.0277. The number of hydrogen-bond acceptors (Lipinski definition) is 5. The second-order valence-corrected chi connectivity index (χ2v) is 8.29. The van der Waals surface area contributed by atoms with Crippen molar-refractivity contribution in [3.05, 3.63) is 70.5 Å². The Morgan fingerprint density at radius 1 is 1.10 bits per heavy atom. The quantitative estimate of drug-likeness (QED) is 0.449. The minimum absolute atomic E-state index is 0.0277. The van der Waals surface area contributed by atoms with E-state index in [9.17, 15) is 9.59 Å².